The largest absolute Gasteiger partial charge is 1.00 e. The summed E-state index contributed by atoms with van der Waals surface area (Å²) in [6.07, 6.45) is 0. The molecule has 0 aromatic heterocycles. The van der Waals surface area contributed by atoms with Crippen molar-refractivity contribution in [3.8, 4) is 0 Å². The standard InChI is InChI=1S/C4H11NO5S.K/c6-3-1-5(2-4-7)11(8,9)10;/h6-7H,1-4H2,(H,8,9,10);/q;+1/p-1. The fourth-order valence-electron chi connectivity index (χ4n) is 0.558. The van der Waals surface area contributed by atoms with E-state index in [1.807, 2.05) is 0 Å². The Labute approximate surface area is 114 Å². The van der Waals surface area contributed by atoms with Crippen molar-refractivity contribution >= 4 is 10.3 Å². The zero-order valence-corrected chi connectivity index (χ0v) is 10.7. The molecule has 0 spiro atoms. The van der Waals surface area contributed by atoms with E-state index in [0.717, 1.165) is 0 Å². The van der Waals surface area contributed by atoms with Crippen molar-refractivity contribution in [1.82, 2.24) is 4.31 Å². The van der Waals surface area contributed by atoms with E-state index in [-0.39, 0.29) is 64.5 Å². The van der Waals surface area contributed by atoms with Gasteiger partial charge in [0.25, 0.3) is 0 Å². The van der Waals surface area contributed by atoms with Crippen LogP contribution in [0.15, 0.2) is 0 Å². The molecule has 0 radical (unpaired) electrons. The van der Waals surface area contributed by atoms with Gasteiger partial charge >= 0.3 is 51.4 Å². The first-order chi connectivity index (χ1) is 5.02. The molecule has 68 valence electrons. The van der Waals surface area contributed by atoms with Crippen molar-refractivity contribution in [2.75, 3.05) is 26.3 Å². The Balaban J connectivity index is 0. The summed E-state index contributed by atoms with van der Waals surface area (Å²) in [5.41, 5.74) is 0. The Morgan fingerprint density at radius 2 is 1.50 bits per heavy atom. The molecule has 0 aliphatic heterocycles. The van der Waals surface area contributed by atoms with Crippen molar-refractivity contribution in [2.45, 2.75) is 0 Å². The third kappa shape index (κ3) is 6.89. The average molecular weight is 223 g/mol. The van der Waals surface area contributed by atoms with Gasteiger partial charge in [0.1, 0.15) is 0 Å². The van der Waals surface area contributed by atoms with Crippen LogP contribution >= 0.6 is 0 Å². The van der Waals surface area contributed by atoms with Crippen LogP contribution in [0.2, 0.25) is 0 Å². The molecular weight excluding hydrogens is 213 g/mol. The summed E-state index contributed by atoms with van der Waals surface area (Å²) in [5, 5.41) is 16.6. The molecule has 0 saturated heterocycles. The van der Waals surface area contributed by atoms with Crippen LogP contribution in [0.25, 0.3) is 0 Å². The normalized spacial score (nSPS) is 11.3. The minimum absolute atomic E-state index is 0. The predicted molar refractivity (Wildman–Crippen MR) is 35.4 cm³/mol. The molecule has 0 fully saturated rings. The van der Waals surface area contributed by atoms with Gasteiger partial charge in [0, 0.05) is 13.1 Å². The van der Waals surface area contributed by atoms with E-state index in [0.29, 0.717) is 4.31 Å². The van der Waals surface area contributed by atoms with Crippen LogP contribution in [0.3, 0.4) is 0 Å². The topological polar surface area (TPSA) is 101 Å². The number of hydrogen-bond acceptors (Lipinski definition) is 5. The molecule has 0 heterocycles. The molecule has 0 bridgehead atoms. The summed E-state index contributed by atoms with van der Waals surface area (Å²) in [7, 11) is -4.53. The summed E-state index contributed by atoms with van der Waals surface area (Å²) in [5.74, 6) is 0. The fraction of sp³-hybridized carbons (Fsp3) is 1.00. The van der Waals surface area contributed by atoms with Crippen molar-refractivity contribution in [1.29, 1.82) is 0 Å². The molecule has 8 heteroatoms. The van der Waals surface area contributed by atoms with Gasteiger partial charge in [-0.2, -0.15) is 0 Å². The van der Waals surface area contributed by atoms with Crippen molar-refractivity contribution in [3.63, 3.8) is 0 Å². The number of nitrogens with zero attached hydrogens (tertiary/aromatic N) is 1. The molecule has 6 nitrogen and oxygen atoms in total. The molecule has 12 heavy (non-hydrogen) atoms. The SMILES string of the molecule is O=S(=O)([O-])N(CCO)CCO.[K+]. The van der Waals surface area contributed by atoms with Gasteiger partial charge in [-0.3, -0.25) is 0 Å². The summed E-state index contributed by atoms with van der Waals surface area (Å²) in [6, 6.07) is 0. The van der Waals surface area contributed by atoms with E-state index in [1.54, 1.807) is 0 Å². The maximum Gasteiger partial charge on any atom is 1.00 e. The van der Waals surface area contributed by atoms with Crippen LogP contribution in [0.1, 0.15) is 0 Å². The Kier molecular flexibility index (Phi) is 10.3. The van der Waals surface area contributed by atoms with Crippen molar-refractivity contribution in [2.24, 2.45) is 0 Å². The second kappa shape index (κ2) is 7.80. The first-order valence-corrected chi connectivity index (χ1v) is 4.31. The molecule has 0 aliphatic rings. The van der Waals surface area contributed by atoms with Gasteiger partial charge in [-0.05, 0) is 0 Å². The molecule has 0 aromatic carbocycles. The quantitative estimate of drug-likeness (QED) is 0.358. The van der Waals surface area contributed by atoms with Gasteiger partial charge in [-0.25, -0.2) is 12.7 Å². The van der Waals surface area contributed by atoms with Crippen LogP contribution in [-0.2, 0) is 10.3 Å². The van der Waals surface area contributed by atoms with Crippen molar-refractivity contribution in [3.05, 3.63) is 0 Å². The Morgan fingerprint density at radius 1 is 1.17 bits per heavy atom. The van der Waals surface area contributed by atoms with Crippen LogP contribution in [0.4, 0.5) is 0 Å². The maximum absolute atomic E-state index is 10.3. The number of aliphatic hydroxyl groups is 2. The molecule has 2 N–H and O–H groups in total. The summed E-state index contributed by atoms with van der Waals surface area (Å²) in [4.78, 5) is 0. The smallest absolute Gasteiger partial charge is 0.735 e. The first-order valence-electron chi connectivity index (χ1n) is 2.95. The minimum Gasteiger partial charge on any atom is -0.735 e. The van der Waals surface area contributed by atoms with Gasteiger partial charge < -0.3 is 14.8 Å². The predicted octanol–water partition coefficient (Wildman–Crippen LogP) is -5.26. The van der Waals surface area contributed by atoms with Gasteiger partial charge in [0.05, 0.1) is 13.2 Å². The van der Waals surface area contributed by atoms with Crippen LogP contribution < -0.4 is 51.4 Å². The Bertz CT molecular complexity index is 188. The third-order valence-corrected chi connectivity index (χ3v) is 2.01. The van der Waals surface area contributed by atoms with Crippen LogP contribution in [-0.4, -0.2) is 53.8 Å². The van der Waals surface area contributed by atoms with E-state index in [4.69, 9.17) is 10.2 Å². The summed E-state index contributed by atoms with van der Waals surface area (Å²) in [6.45, 7) is -1.40. The van der Waals surface area contributed by atoms with Crippen LogP contribution in [0, 0.1) is 0 Å². The van der Waals surface area contributed by atoms with Gasteiger partial charge in [0.2, 0.25) is 0 Å². The second-order valence-electron chi connectivity index (χ2n) is 1.80. The fourth-order valence-corrected chi connectivity index (χ4v) is 1.17. The van der Waals surface area contributed by atoms with E-state index in [1.165, 1.54) is 0 Å². The summed E-state index contributed by atoms with van der Waals surface area (Å²) < 4.78 is 31.2. The maximum atomic E-state index is 10.3. The zero-order valence-electron chi connectivity index (χ0n) is 6.80. The van der Waals surface area contributed by atoms with Crippen LogP contribution in [0.5, 0.6) is 0 Å². The number of rotatable bonds is 5. The van der Waals surface area contributed by atoms with Crippen molar-refractivity contribution < 1.29 is 74.6 Å². The second-order valence-corrected chi connectivity index (χ2v) is 3.18. The molecule has 0 unspecified atom stereocenters. The monoisotopic (exact) mass is 223 g/mol. The molecule has 0 saturated carbocycles. The first kappa shape index (κ1) is 15.9. The molecule has 0 rings (SSSR count). The number of hydrogen-bond donors (Lipinski definition) is 2. The Hall–Kier alpha value is 1.43. The van der Waals surface area contributed by atoms with Gasteiger partial charge in [-0.15, -0.1) is 0 Å². The minimum atomic E-state index is -4.53. The average Bonchev–Trinajstić information content (AvgIpc) is 1.85. The van der Waals surface area contributed by atoms with E-state index < -0.39 is 23.5 Å². The third-order valence-electron chi connectivity index (χ3n) is 1.02. The van der Waals surface area contributed by atoms with E-state index in [2.05, 4.69) is 0 Å². The van der Waals surface area contributed by atoms with Gasteiger partial charge in [0.15, 0.2) is 10.3 Å². The van der Waals surface area contributed by atoms with E-state index >= 15 is 0 Å². The Morgan fingerprint density at radius 3 is 1.67 bits per heavy atom. The molecule has 0 amide bonds. The molecule has 0 aliphatic carbocycles. The van der Waals surface area contributed by atoms with E-state index in [9.17, 15) is 13.0 Å². The molecule has 0 aromatic rings. The summed E-state index contributed by atoms with van der Waals surface area (Å²) >= 11 is 0. The zero-order chi connectivity index (χ0) is 8.91. The number of aliphatic hydroxyl groups excluding tert-OH is 2. The van der Waals surface area contributed by atoms with Gasteiger partial charge in [-0.1, -0.05) is 0 Å². The molecule has 0 atom stereocenters. The molecular formula is C4H10KNO5S.